The number of hydrogen-bond donors (Lipinski definition) is 1. The van der Waals surface area contributed by atoms with Gasteiger partial charge in [-0.3, -0.25) is 0 Å². The SMILES string of the molecule is CCCNCCCCc1ccc(OC)c(OC)c1Cl. The van der Waals surface area contributed by atoms with Crippen molar-refractivity contribution in [2.45, 2.75) is 32.6 Å². The average Bonchev–Trinajstić information content (AvgIpc) is 2.43. The van der Waals surface area contributed by atoms with E-state index in [2.05, 4.69) is 12.2 Å². The zero-order valence-corrected chi connectivity index (χ0v) is 12.8. The van der Waals surface area contributed by atoms with E-state index in [-0.39, 0.29) is 0 Å². The number of aryl methyl sites for hydroxylation is 1. The van der Waals surface area contributed by atoms with E-state index in [0.717, 1.165) is 37.9 Å². The van der Waals surface area contributed by atoms with Crippen LogP contribution in [0, 0.1) is 0 Å². The summed E-state index contributed by atoms with van der Waals surface area (Å²) < 4.78 is 10.5. The monoisotopic (exact) mass is 285 g/mol. The molecule has 0 heterocycles. The third-order valence-electron chi connectivity index (χ3n) is 3.04. The highest BCUT2D eigenvalue weighted by molar-refractivity contribution is 6.33. The molecular weight excluding hydrogens is 262 g/mol. The first-order valence-electron chi connectivity index (χ1n) is 6.84. The number of unbranched alkanes of at least 4 members (excludes halogenated alkanes) is 1. The number of ether oxygens (including phenoxy) is 2. The zero-order chi connectivity index (χ0) is 14.1. The van der Waals surface area contributed by atoms with Crippen LogP contribution in [0.15, 0.2) is 12.1 Å². The highest BCUT2D eigenvalue weighted by Crippen LogP contribution is 2.37. The molecule has 4 heteroatoms. The fourth-order valence-corrected chi connectivity index (χ4v) is 2.32. The molecule has 0 radical (unpaired) electrons. The van der Waals surface area contributed by atoms with E-state index in [0.29, 0.717) is 16.5 Å². The van der Waals surface area contributed by atoms with Crippen LogP contribution >= 0.6 is 11.6 Å². The van der Waals surface area contributed by atoms with E-state index in [1.165, 1.54) is 6.42 Å². The van der Waals surface area contributed by atoms with Gasteiger partial charge in [0.1, 0.15) is 0 Å². The molecule has 0 amide bonds. The van der Waals surface area contributed by atoms with Crippen molar-refractivity contribution in [1.29, 1.82) is 0 Å². The maximum atomic E-state index is 6.33. The number of rotatable bonds is 9. The van der Waals surface area contributed by atoms with Gasteiger partial charge in [0.25, 0.3) is 0 Å². The van der Waals surface area contributed by atoms with Gasteiger partial charge < -0.3 is 14.8 Å². The average molecular weight is 286 g/mol. The number of halogens is 1. The number of hydrogen-bond acceptors (Lipinski definition) is 3. The van der Waals surface area contributed by atoms with Crippen LogP contribution in [0.1, 0.15) is 31.7 Å². The quantitative estimate of drug-likeness (QED) is 0.702. The molecule has 1 aromatic carbocycles. The molecule has 0 aliphatic heterocycles. The molecule has 0 spiro atoms. The first kappa shape index (κ1) is 16.1. The number of benzene rings is 1. The topological polar surface area (TPSA) is 30.5 Å². The second kappa shape index (κ2) is 9.05. The van der Waals surface area contributed by atoms with Crippen LogP contribution in [0.4, 0.5) is 0 Å². The molecule has 0 aromatic heterocycles. The molecule has 108 valence electrons. The minimum Gasteiger partial charge on any atom is -0.493 e. The van der Waals surface area contributed by atoms with E-state index in [1.54, 1.807) is 14.2 Å². The maximum Gasteiger partial charge on any atom is 0.179 e. The molecule has 19 heavy (non-hydrogen) atoms. The molecule has 3 nitrogen and oxygen atoms in total. The lowest BCUT2D eigenvalue weighted by Crippen LogP contribution is -2.15. The predicted octanol–water partition coefficient (Wildman–Crippen LogP) is 3.68. The zero-order valence-electron chi connectivity index (χ0n) is 12.1. The van der Waals surface area contributed by atoms with Crippen molar-refractivity contribution >= 4 is 11.6 Å². The summed E-state index contributed by atoms with van der Waals surface area (Å²) in [6.07, 6.45) is 4.42. The van der Waals surface area contributed by atoms with Crippen molar-refractivity contribution in [2.75, 3.05) is 27.3 Å². The van der Waals surface area contributed by atoms with Gasteiger partial charge in [-0.1, -0.05) is 24.6 Å². The number of nitrogens with one attached hydrogen (secondary N) is 1. The first-order valence-corrected chi connectivity index (χ1v) is 7.22. The minimum atomic E-state index is 0.630. The highest BCUT2D eigenvalue weighted by atomic mass is 35.5. The molecule has 0 saturated heterocycles. The van der Waals surface area contributed by atoms with Crippen molar-refractivity contribution in [3.8, 4) is 11.5 Å². The van der Waals surface area contributed by atoms with Crippen molar-refractivity contribution < 1.29 is 9.47 Å². The fraction of sp³-hybridized carbons (Fsp3) is 0.600. The summed E-state index contributed by atoms with van der Waals surface area (Å²) in [6.45, 7) is 4.34. The van der Waals surface area contributed by atoms with Gasteiger partial charge in [-0.05, 0) is 50.4 Å². The lowest BCUT2D eigenvalue weighted by Gasteiger charge is -2.12. The van der Waals surface area contributed by atoms with E-state index >= 15 is 0 Å². The summed E-state index contributed by atoms with van der Waals surface area (Å²) in [5.74, 6) is 1.31. The molecule has 0 fully saturated rings. The first-order chi connectivity index (χ1) is 9.24. The molecule has 0 saturated carbocycles. The lowest BCUT2D eigenvalue weighted by molar-refractivity contribution is 0.354. The van der Waals surface area contributed by atoms with Crippen molar-refractivity contribution in [2.24, 2.45) is 0 Å². The van der Waals surface area contributed by atoms with E-state index in [1.807, 2.05) is 12.1 Å². The van der Waals surface area contributed by atoms with Crippen LogP contribution in [-0.2, 0) is 6.42 Å². The third-order valence-corrected chi connectivity index (χ3v) is 3.46. The Morgan fingerprint density at radius 1 is 1.11 bits per heavy atom. The van der Waals surface area contributed by atoms with Crippen molar-refractivity contribution in [3.05, 3.63) is 22.7 Å². The summed E-state index contributed by atoms with van der Waals surface area (Å²) in [4.78, 5) is 0. The Bertz CT molecular complexity index is 383. The molecule has 1 rings (SSSR count). The molecule has 0 unspecified atom stereocenters. The minimum absolute atomic E-state index is 0.630. The second-order valence-corrected chi connectivity index (χ2v) is 4.86. The largest absolute Gasteiger partial charge is 0.493 e. The van der Waals surface area contributed by atoms with Crippen molar-refractivity contribution in [1.82, 2.24) is 5.32 Å². The van der Waals surface area contributed by atoms with Crippen LogP contribution in [0.25, 0.3) is 0 Å². The number of methoxy groups -OCH3 is 2. The Kier molecular flexibility index (Phi) is 7.68. The third kappa shape index (κ3) is 4.92. The molecule has 0 atom stereocenters. The lowest BCUT2D eigenvalue weighted by atomic mass is 10.1. The van der Waals surface area contributed by atoms with Crippen LogP contribution in [0.3, 0.4) is 0 Å². The van der Waals surface area contributed by atoms with Gasteiger partial charge in [0.15, 0.2) is 11.5 Å². The Morgan fingerprint density at radius 3 is 2.53 bits per heavy atom. The van der Waals surface area contributed by atoms with E-state index in [4.69, 9.17) is 21.1 Å². The Hall–Kier alpha value is -0.930. The van der Waals surface area contributed by atoms with Gasteiger partial charge in [0, 0.05) is 0 Å². The van der Waals surface area contributed by atoms with Gasteiger partial charge in [0.2, 0.25) is 0 Å². The summed E-state index contributed by atoms with van der Waals surface area (Å²) in [6, 6.07) is 3.93. The summed E-state index contributed by atoms with van der Waals surface area (Å²) in [7, 11) is 3.23. The normalized spacial score (nSPS) is 10.5. The van der Waals surface area contributed by atoms with Gasteiger partial charge in [0.05, 0.1) is 19.2 Å². The summed E-state index contributed by atoms with van der Waals surface area (Å²) >= 11 is 6.33. The molecule has 1 aromatic rings. The Balaban J connectivity index is 2.50. The van der Waals surface area contributed by atoms with Crippen LogP contribution in [-0.4, -0.2) is 27.3 Å². The smallest absolute Gasteiger partial charge is 0.179 e. The second-order valence-electron chi connectivity index (χ2n) is 4.48. The van der Waals surface area contributed by atoms with Gasteiger partial charge in [-0.15, -0.1) is 0 Å². The Labute approximate surface area is 121 Å². The summed E-state index contributed by atoms with van der Waals surface area (Å²) in [5, 5.41) is 4.07. The maximum absolute atomic E-state index is 6.33. The van der Waals surface area contributed by atoms with E-state index < -0.39 is 0 Å². The van der Waals surface area contributed by atoms with Gasteiger partial charge in [-0.2, -0.15) is 0 Å². The van der Waals surface area contributed by atoms with Crippen LogP contribution in [0.5, 0.6) is 11.5 Å². The van der Waals surface area contributed by atoms with Gasteiger partial charge in [-0.25, -0.2) is 0 Å². The van der Waals surface area contributed by atoms with Crippen molar-refractivity contribution in [3.63, 3.8) is 0 Å². The highest BCUT2D eigenvalue weighted by Gasteiger charge is 2.12. The van der Waals surface area contributed by atoms with Gasteiger partial charge >= 0.3 is 0 Å². The molecule has 1 N–H and O–H groups in total. The molecule has 0 aliphatic rings. The van der Waals surface area contributed by atoms with Crippen LogP contribution in [0.2, 0.25) is 5.02 Å². The standard InChI is InChI=1S/C15H24ClNO2/c1-4-10-17-11-6-5-7-12-8-9-13(18-2)15(19-3)14(12)16/h8-9,17H,4-7,10-11H2,1-3H3. The van der Waals surface area contributed by atoms with E-state index in [9.17, 15) is 0 Å². The summed E-state index contributed by atoms with van der Waals surface area (Å²) in [5.41, 5.74) is 1.12. The molecule has 0 bridgehead atoms. The molecule has 0 aliphatic carbocycles. The van der Waals surface area contributed by atoms with Crippen LogP contribution < -0.4 is 14.8 Å². The predicted molar refractivity (Wildman–Crippen MR) is 80.7 cm³/mol. The Morgan fingerprint density at radius 2 is 1.89 bits per heavy atom. The molecular formula is C15H24ClNO2. The fourth-order valence-electron chi connectivity index (χ4n) is 1.99.